The van der Waals surface area contributed by atoms with Crippen molar-refractivity contribution in [2.24, 2.45) is 5.10 Å². The van der Waals surface area contributed by atoms with E-state index in [4.69, 9.17) is 4.74 Å². The number of likely N-dealkylation sites (tertiary alicyclic amines) is 1. The highest BCUT2D eigenvalue weighted by Crippen LogP contribution is 2.38. The lowest BCUT2D eigenvalue weighted by molar-refractivity contribution is 0.0792. The molecule has 8 nitrogen and oxygen atoms in total. The van der Waals surface area contributed by atoms with Gasteiger partial charge in [0.05, 0.1) is 25.0 Å². The van der Waals surface area contributed by atoms with Crippen LogP contribution in [0.3, 0.4) is 0 Å². The summed E-state index contributed by atoms with van der Waals surface area (Å²) < 4.78 is 5.18. The largest absolute Gasteiger partial charge is 0.497 e. The number of hydrogen-bond donors (Lipinski definition) is 3. The zero-order valence-electron chi connectivity index (χ0n) is 22.1. The van der Waals surface area contributed by atoms with Crippen molar-refractivity contribution in [3.05, 3.63) is 81.2 Å². The molecule has 39 heavy (non-hydrogen) atoms. The number of aliphatic hydroxyl groups excluding tert-OH is 1. The molecule has 0 atom stereocenters. The molecule has 0 spiro atoms. The number of anilines is 1. The van der Waals surface area contributed by atoms with Gasteiger partial charge in [0.1, 0.15) is 10.8 Å². The second-order valence-corrected chi connectivity index (χ2v) is 11.2. The van der Waals surface area contributed by atoms with E-state index in [-0.39, 0.29) is 17.9 Å². The molecule has 3 N–H and O–H groups in total. The van der Waals surface area contributed by atoms with Gasteiger partial charge in [0, 0.05) is 30.1 Å². The van der Waals surface area contributed by atoms with Crippen molar-refractivity contribution in [3.63, 3.8) is 0 Å². The number of nitrogens with zero attached hydrogens (tertiary/aromatic N) is 2. The number of hydrogen-bond acceptors (Lipinski definition) is 7. The van der Waals surface area contributed by atoms with Gasteiger partial charge in [0.2, 0.25) is 0 Å². The van der Waals surface area contributed by atoms with Gasteiger partial charge in [-0.1, -0.05) is 12.1 Å². The predicted octanol–water partition coefficient (Wildman–Crippen LogP) is 4.61. The Morgan fingerprint density at radius 3 is 2.64 bits per heavy atom. The molecule has 204 valence electrons. The van der Waals surface area contributed by atoms with Crippen LogP contribution in [0.4, 0.5) is 5.00 Å². The average Bonchev–Trinajstić information content (AvgIpc) is 3.32. The van der Waals surface area contributed by atoms with E-state index in [0.717, 1.165) is 85.5 Å². The third-order valence-corrected chi connectivity index (χ3v) is 8.48. The summed E-state index contributed by atoms with van der Waals surface area (Å²) in [5.41, 5.74) is 6.62. The van der Waals surface area contributed by atoms with Gasteiger partial charge in [-0.25, -0.2) is 5.43 Å². The summed E-state index contributed by atoms with van der Waals surface area (Å²) in [6.45, 7) is 2.43. The van der Waals surface area contributed by atoms with Gasteiger partial charge in [0.25, 0.3) is 11.8 Å². The topological polar surface area (TPSA) is 103 Å². The number of aryl methyl sites for hydroxylation is 1. The fourth-order valence-electron chi connectivity index (χ4n) is 5.13. The number of fused-ring (bicyclic) bond motifs is 1. The number of amides is 2. The van der Waals surface area contributed by atoms with Crippen molar-refractivity contribution >= 4 is 34.4 Å². The second-order valence-electron chi connectivity index (χ2n) is 10.0. The predicted molar refractivity (Wildman–Crippen MR) is 154 cm³/mol. The summed E-state index contributed by atoms with van der Waals surface area (Å²) in [6.07, 6.45) is 6.74. The molecule has 2 amide bonds. The molecule has 9 heteroatoms. The summed E-state index contributed by atoms with van der Waals surface area (Å²) >= 11 is 1.49. The summed E-state index contributed by atoms with van der Waals surface area (Å²) in [5.74, 6) is 0.189. The number of rotatable bonds is 8. The third-order valence-electron chi connectivity index (χ3n) is 7.27. The van der Waals surface area contributed by atoms with Crippen molar-refractivity contribution in [3.8, 4) is 5.75 Å². The van der Waals surface area contributed by atoms with E-state index in [1.807, 2.05) is 42.5 Å². The molecule has 1 aliphatic carbocycles. The van der Waals surface area contributed by atoms with Gasteiger partial charge in [-0.3, -0.25) is 14.5 Å². The Kier molecular flexibility index (Phi) is 8.71. The molecular weight excluding hydrogens is 512 g/mol. The van der Waals surface area contributed by atoms with E-state index < -0.39 is 0 Å². The smallest absolute Gasteiger partial charge is 0.274 e. The van der Waals surface area contributed by atoms with Crippen LogP contribution < -0.4 is 15.5 Å². The maximum atomic E-state index is 13.3. The number of ether oxygens (including phenoxy) is 1. The Labute approximate surface area is 232 Å². The lowest BCUT2D eigenvalue weighted by atomic mass is 9.95. The van der Waals surface area contributed by atoms with Crippen LogP contribution in [0.15, 0.2) is 53.6 Å². The number of thiophene rings is 1. The molecular formula is C30H34N4O4S. The number of benzene rings is 2. The Bertz CT molecular complexity index is 1340. The molecule has 1 aliphatic heterocycles. The van der Waals surface area contributed by atoms with Crippen molar-refractivity contribution in [1.82, 2.24) is 10.3 Å². The molecule has 2 heterocycles. The van der Waals surface area contributed by atoms with E-state index in [1.54, 1.807) is 19.4 Å². The van der Waals surface area contributed by atoms with E-state index in [1.165, 1.54) is 11.3 Å². The summed E-state index contributed by atoms with van der Waals surface area (Å²) in [6, 6.07) is 15.0. The van der Waals surface area contributed by atoms with Gasteiger partial charge in [0.15, 0.2) is 0 Å². The monoisotopic (exact) mass is 546 g/mol. The zero-order chi connectivity index (χ0) is 27.2. The Hall–Kier alpha value is -3.53. The Balaban J connectivity index is 1.30. The highest BCUT2D eigenvalue weighted by atomic mass is 32.1. The van der Waals surface area contributed by atoms with Crippen LogP contribution in [0.5, 0.6) is 5.75 Å². The standard InChI is InChI=1S/C30H34N4O4S/c1-38-24-11-9-20(10-12-24)18-31-33-29(37)27-25-7-2-3-8-26(25)39-30(27)32-28(36)22-6-4-5-21(17-22)19-34-15-13-23(35)14-16-34/h4-6,9-12,17-18,23,35H,2-3,7-8,13-16,19H2,1H3,(H,32,36)(H,33,37). The first-order chi connectivity index (χ1) is 19.0. The fourth-order valence-corrected chi connectivity index (χ4v) is 6.41. The molecule has 5 rings (SSSR count). The first-order valence-corrected chi connectivity index (χ1v) is 14.2. The number of hydrazone groups is 1. The van der Waals surface area contributed by atoms with Crippen LogP contribution in [0.25, 0.3) is 0 Å². The average molecular weight is 547 g/mol. The van der Waals surface area contributed by atoms with Gasteiger partial charge in [-0.15, -0.1) is 11.3 Å². The number of methoxy groups -OCH3 is 1. The van der Waals surface area contributed by atoms with Crippen molar-refractivity contribution < 1.29 is 19.4 Å². The lowest BCUT2D eigenvalue weighted by Gasteiger charge is -2.29. The fraction of sp³-hybridized carbons (Fsp3) is 0.367. The normalized spacial score (nSPS) is 16.2. The zero-order valence-corrected chi connectivity index (χ0v) is 22.9. The number of carbonyl (C=O) groups is 2. The van der Waals surface area contributed by atoms with Gasteiger partial charge < -0.3 is 15.2 Å². The van der Waals surface area contributed by atoms with Crippen LogP contribution in [0, 0.1) is 0 Å². The minimum Gasteiger partial charge on any atom is -0.497 e. The molecule has 0 bridgehead atoms. The van der Waals surface area contributed by atoms with E-state index in [9.17, 15) is 14.7 Å². The molecule has 1 saturated heterocycles. The van der Waals surface area contributed by atoms with Crippen LogP contribution >= 0.6 is 11.3 Å². The SMILES string of the molecule is COc1ccc(C=NNC(=O)c2c(NC(=O)c3cccc(CN4CCC(O)CC4)c3)sc3c2CCCC3)cc1. The molecule has 0 unspecified atom stereocenters. The minimum atomic E-state index is -0.324. The van der Waals surface area contributed by atoms with Crippen LogP contribution in [-0.4, -0.2) is 54.3 Å². The maximum Gasteiger partial charge on any atom is 0.274 e. The summed E-state index contributed by atoms with van der Waals surface area (Å²) in [7, 11) is 1.61. The number of nitrogens with one attached hydrogen (secondary N) is 2. The molecule has 1 aromatic heterocycles. The first kappa shape index (κ1) is 27.1. The van der Waals surface area contributed by atoms with Crippen LogP contribution in [0.1, 0.15) is 68.0 Å². The molecule has 0 saturated carbocycles. The maximum absolute atomic E-state index is 13.3. The highest BCUT2D eigenvalue weighted by molar-refractivity contribution is 7.17. The van der Waals surface area contributed by atoms with Crippen molar-refractivity contribution in [1.29, 1.82) is 0 Å². The number of piperidine rings is 1. The number of aliphatic hydroxyl groups is 1. The van der Waals surface area contributed by atoms with Crippen molar-refractivity contribution in [2.75, 3.05) is 25.5 Å². The van der Waals surface area contributed by atoms with E-state index in [0.29, 0.717) is 16.1 Å². The molecule has 0 radical (unpaired) electrons. The molecule has 2 aromatic carbocycles. The first-order valence-electron chi connectivity index (χ1n) is 13.4. The Morgan fingerprint density at radius 2 is 1.87 bits per heavy atom. The van der Waals surface area contributed by atoms with E-state index >= 15 is 0 Å². The molecule has 2 aliphatic rings. The Morgan fingerprint density at radius 1 is 1.10 bits per heavy atom. The molecule has 1 fully saturated rings. The lowest BCUT2D eigenvalue weighted by Crippen LogP contribution is -2.35. The summed E-state index contributed by atoms with van der Waals surface area (Å²) in [5, 5.41) is 17.5. The van der Waals surface area contributed by atoms with Gasteiger partial charge in [-0.2, -0.15) is 5.10 Å². The van der Waals surface area contributed by atoms with Gasteiger partial charge in [-0.05, 0) is 91.6 Å². The second kappa shape index (κ2) is 12.5. The van der Waals surface area contributed by atoms with E-state index in [2.05, 4.69) is 20.7 Å². The highest BCUT2D eigenvalue weighted by Gasteiger charge is 2.27. The third kappa shape index (κ3) is 6.73. The van der Waals surface area contributed by atoms with Crippen LogP contribution in [-0.2, 0) is 19.4 Å². The quantitative estimate of drug-likeness (QED) is 0.283. The summed E-state index contributed by atoms with van der Waals surface area (Å²) in [4.78, 5) is 30.1. The molecule has 3 aromatic rings. The number of carbonyl (C=O) groups excluding carboxylic acids is 2. The minimum absolute atomic E-state index is 0.213. The van der Waals surface area contributed by atoms with Crippen molar-refractivity contribution in [2.45, 2.75) is 51.2 Å². The van der Waals surface area contributed by atoms with Gasteiger partial charge >= 0.3 is 0 Å². The van der Waals surface area contributed by atoms with Crippen LogP contribution in [0.2, 0.25) is 0 Å².